The van der Waals surface area contributed by atoms with Crippen molar-refractivity contribution >= 4 is 0 Å². The van der Waals surface area contributed by atoms with Gasteiger partial charge in [-0.25, -0.2) is 0 Å². The van der Waals surface area contributed by atoms with Crippen LogP contribution < -0.4 is 0 Å². The fraction of sp³-hybridized carbons (Fsp3) is 0.571. The zero-order valence-corrected chi connectivity index (χ0v) is 7.10. The van der Waals surface area contributed by atoms with Gasteiger partial charge in [-0.2, -0.15) is 23.7 Å². The minimum absolute atomic E-state index is 0.118. The highest BCUT2D eigenvalue weighted by atomic mass is 19.1. The van der Waals surface area contributed by atoms with E-state index in [1.165, 1.54) is 0 Å². The SMILES string of the molecule is CC(C)(C)c1nc(F)nc(F)n1. The summed E-state index contributed by atoms with van der Waals surface area (Å²) in [5, 5.41) is 0. The average Bonchev–Trinajstić information content (AvgIpc) is 1.82. The van der Waals surface area contributed by atoms with E-state index >= 15 is 0 Å². The van der Waals surface area contributed by atoms with Crippen LogP contribution in [0.4, 0.5) is 8.78 Å². The zero-order valence-electron chi connectivity index (χ0n) is 7.10. The molecule has 1 aromatic heterocycles. The van der Waals surface area contributed by atoms with Crippen LogP contribution in [-0.4, -0.2) is 15.0 Å². The van der Waals surface area contributed by atoms with Gasteiger partial charge in [0.2, 0.25) is 0 Å². The zero-order chi connectivity index (χ0) is 9.35. The molecule has 0 N–H and O–H groups in total. The summed E-state index contributed by atoms with van der Waals surface area (Å²) in [5.41, 5.74) is -0.468. The molecule has 12 heavy (non-hydrogen) atoms. The van der Waals surface area contributed by atoms with Gasteiger partial charge in [0.25, 0.3) is 0 Å². The van der Waals surface area contributed by atoms with Gasteiger partial charge in [-0.1, -0.05) is 20.8 Å². The predicted molar refractivity (Wildman–Crippen MR) is 38.4 cm³/mol. The Morgan fingerprint density at radius 2 is 1.33 bits per heavy atom. The summed E-state index contributed by atoms with van der Waals surface area (Å²) in [5.74, 6) is 0.118. The quantitative estimate of drug-likeness (QED) is 0.596. The molecule has 0 atom stereocenters. The number of rotatable bonds is 0. The minimum atomic E-state index is -1.08. The average molecular weight is 173 g/mol. The summed E-state index contributed by atoms with van der Waals surface area (Å²) in [6.45, 7) is 5.30. The first-order valence-corrected chi connectivity index (χ1v) is 3.47. The molecule has 0 radical (unpaired) electrons. The normalized spacial score (nSPS) is 11.8. The molecule has 0 fully saturated rings. The number of hydrogen-bond donors (Lipinski definition) is 0. The Morgan fingerprint density at radius 3 is 1.67 bits per heavy atom. The molecule has 0 aromatic carbocycles. The molecule has 0 amide bonds. The molecule has 1 rings (SSSR count). The second-order valence-corrected chi connectivity index (χ2v) is 3.45. The Kier molecular flexibility index (Phi) is 2.04. The van der Waals surface area contributed by atoms with E-state index < -0.39 is 17.6 Å². The molecule has 0 aliphatic heterocycles. The van der Waals surface area contributed by atoms with Crippen molar-refractivity contribution in [3.05, 3.63) is 18.0 Å². The van der Waals surface area contributed by atoms with Crippen molar-refractivity contribution in [2.75, 3.05) is 0 Å². The number of halogens is 2. The van der Waals surface area contributed by atoms with E-state index in [0.717, 1.165) is 0 Å². The Morgan fingerprint density at radius 1 is 0.917 bits per heavy atom. The molecule has 0 aliphatic carbocycles. The van der Waals surface area contributed by atoms with Gasteiger partial charge in [-0.05, 0) is 0 Å². The lowest BCUT2D eigenvalue weighted by Gasteiger charge is -2.14. The van der Waals surface area contributed by atoms with Crippen LogP contribution in [0.1, 0.15) is 26.6 Å². The molecular formula is C7H9F2N3. The summed E-state index contributed by atoms with van der Waals surface area (Å²) in [6, 6.07) is 0. The molecule has 0 spiro atoms. The van der Waals surface area contributed by atoms with Crippen LogP contribution in [-0.2, 0) is 5.41 Å². The molecule has 0 bridgehead atoms. The first kappa shape index (κ1) is 8.96. The predicted octanol–water partition coefficient (Wildman–Crippen LogP) is 1.45. The third-order valence-electron chi connectivity index (χ3n) is 1.25. The van der Waals surface area contributed by atoms with Crippen LogP contribution in [0, 0.1) is 12.2 Å². The van der Waals surface area contributed by atoms with Crippen LogP contribution in [0.2, 0.25) is 0 Å². The highest BCUT2D eigenvalue weighted by molar-refractivity contribution is 4.99. The van der Waals surface area contributed by atoms with Crippen molar-refractivity contribution in [3.63, 3.8) is 0 Å². The lowest BCUT2D eigenvalue weighted by molar-refractivity contribution is 0.415. The van der Waals surface area contributed by atoms with E-state index in [1.807, 2.05) is 0 Å². The smallest absolute Gasteiger partial charge is 0.186 e. The van der Waals surface area contributed by atoms with Gasteiger partial charge in [-0.3, -0.25) is 0 Å². The maximum atomic E-state index is 12.5. The Bertz CT molecular complexity index is 273. The molecule has 0 aliphatic rings. The maximum Gasteiger partial charge on any atom is 0.314 e. The molecule has 0 saturated heterocycles. The highest BCUT2D eigenvalue weighted by Gasteiger charge is 2.19. The second kappa shape index (κ2) is 2.73. The molecule has 0 saturated carbocycles. The summed E-state index contributed by atoms with van der Waals surface area (Å²) in [6.07, 6.45) is -2.15. The largest absolute Gasteiger partial charge is 0.314 e. The van der Waals surface area contributed by atoms with Gasteiger partial charge in [0.15, 0.2) is 0 Å². The van der Waals surface area contributed by atoms with Gasteiger partial charge in [-0.15, -0.1) is 0 Å². The van der Waals surface area contributed by atoms with Gasteiger partial charge in [0, 0.05) is 5.41 Å². The van der Waals surface area contributed by atoms with Crippen molar-refractivity contribution in [1.29, 1.82) is 0 Å². The lowest BCUT2D eigenvalue weighted by Crippen LogP contribution is -2.18. The fourth-order valence-electron chi connectivity index (χ4n) is 0.661. The van der Waals surface area contributed by atoms with Crippen molar-refractivity contribution in [3.8, 4) is 0 Å². The Hall–Kier alpha value is -1.13. The molecule has 5 heteroatoms. The maximum absolute atomic E-state index is 12.5. The third kappa shape index (κ3) is 1.93. The van der Waals surface area contributed by atoms with E-state index in [4.69, 9.17) is 0 Å². The highest BCUT2D eigenvalue weighted by Crippen LogP contribution is 2.17. The van der Waals surface area contributed by atoms with E-state index in [0.29, 0.717) is 0 Å². The van der Waals surface area contributed by atoms with Crippen LogP contribution in [0.5, 0.6) is 0 Å². The number of hydrogen-bond acceptors (Lipinski definition) is 3. The summed E-state index contributed by atoms with van der Waals surface area (Å²) < 4.78 is 24.9. The number of nitrogens with zero attached hydrogens (tertiary/aromatic N) is 3. The fourth-order valence-corrected chi connectivity index (χ4v) is 0.661. The van der Waals surface area contributed by atoms with Crippen LogP contribution in [0.15, 0.2) is 0 Å². The molecule has 1 heterocycles. The number of aromatic nitrogens is 3. The molecule has 3 nitrogen and oxygen atoms in total. The van der Waals surface area contributed by atoms with E-state index in [9.17, 15) is 8.78 Å². The van der Waals surface area contributed by atoms with Crippen molar-refractivity contribution in [2.24, 2.45) is 0 Å². The summed E-state index contributed by atoms with van der Waals surface area (Å²) in [4.78, 5) is 9.54. The second-order valence-electron chi connectivity index (χ2n) is 3.45. The van der Waals surface area contributed by atoms with Crippen molar-refractivity contribution in [1.82, 2.24) is 15.0 Å². The summed E-state index contributed by atoms with van der Waals surface area (Å²) >= 11 is 0. The van der Waals surface area contributed by atoms with Crippen molar-refractivity contribution < 1.29 is 8.78 Å². The molecule has 1 aromatic rings. The lowest BCUT2D eigenvalue weighted by atomic mass is 9.96. The topological polar surface area (TPSA) is 38.7 Å². The standard InChI is InChI=1S/C7H9F2N3/c1-7(2,3)4-10-5(8)12-6(9)11-4/h1-3H3. The Balaban J connectivity index is 3.18. The first-order valence-electron chi connectivity index (χ1n) is 3.47. The van der Waals surface area contributed by atoms with Gasteiger partial charge >= 0.3 is 12.2 Å². The third-order valence-corrected chi connectivity index (χ3v) is 1.25. The first-order chi connectivity index (χ1) is 5.39. The van der Waals surface area contributed by atoms with E-state index in [1.54, 1.807) is 20.8 Å². The van der Waals surface area contributed by atoms with Crippen LogP contribution in [0.25, 0.3) is 0 Å². The monoisotopic (exact) mass is 173 g/mol. The molecule has 66 valence electrons. The molecule has 0 unspecified atom stereocenters. The van der Waals surface area contributed by atoms with Gasteiger partial charge < -0.3 is 0 Å². The molecular weight excluding hydrogens is 164 g/mol. The van der Waals surface area contributed by atoms with E-state index in [-0.39, 0.29) is 5.82 Å². The van der Waals surface area contributed by atoms with E-state index in [2.05, 4.69) is 15.0 Å². The van der Waals surface area contributed by atoms with Crippen LogP contribution in [0.3, 0.4) is 0 Å². The van der Waals surface area contributed by atoms with Crippen molar-refractivity contribution in [2.45, 2.75) is 26.2 Å². The summed E-state index contributed by atoms with van der Waals surface area (Å²) in [7, 11) is 0. The van der Waals surface area contributed by atoms with Gasteiger partial charge in [0.05, 0.1) is 0 Å². The van der Waals surface area contributed by atoms with Gasteiger partial charge in [0.1, 0.15) is 5.82 Å². The Labute approximate surface area is 68.9 Å². The minimum Gasteiger partial charge on any atom is -0.186 e. The van der Waals surface area contributed by atoms with Crippen LogP contribution >= 0.6 is 0 Å².